The van der Waals surface area contributed by atoms with Crippen LogP contribution in [0, 0.1) is 5.41 Å². The Morgan fingerprint density at radius 3 is 2.66 bits per heavy atom. The summed E-state index contributed by atoms with van der Waals surface area (Å²) in [5.74, 6) is -0.0295. The fourth-order valence-corrected chi connectivity index (χ4v) is 5.78. The number of fused-ring (bicyclic) bond motifs is 1. The summed E-state index contributed by atoms with van der Waals surface area (Å²) in [4.78, 5) is 31.3. The number of ether oxygens (including phenoxy) is 2. The molecule has 0 radical (unpaired) electrons. The molecule has 0 unspecified atom stereocenters. The number of para-hydroxylation sites is 1. The van der Waals surface area contributed by atoms with Crippen LogP contribution in [0.5, 0.6) is 5.75 Å². The molecule has 35 heavy (non-hydrogen) atoms. The smallest absolute Gasteiger partial charge is 0.270 e. The predicted molar refractivity (Wildman–Crippen MR) is 130 cm³/mol. The van der Waals surface area contributed by atoms with Gasteiger partial charge in [-0.3, -0.25) is 14.0 Å². The van der Waals surface area contributed by atoms with E-state index in [1.54, 1.807) is 24.4 Å². The maximum atomic E-state index is 13.0. The number of amides is 2. The van der Waals surface area contributed by atoms with Crippen LogP contribution in [0.4, 0.5) is 5.69 Å². The van der Waals surface area contributed by atoms with Crippen LogP contribution in [0.25, 0.3) is 5.65 Å². The molecule has 1 spiro atoms. The Kier molecular flexibility index (Phi) is 5.36. The van der Waals surface area contributed by atoms with Crippen molar-refractivity contribution in [2.45, 2.75) is 37.8 Å². The second kappa shape index (κ2) is 8.57. The van der Waals surface area contributed by atoms with E-state index < -0.39 is 5.91 Å². The van der Waals surface area contributed by atoms with E-state index in [0.717, 1.165) is 63.3 Å². The molecule has 0 bridgehead atoms. The molecule has 1 saturated heterocycles. The molecule has 3 N–H and O–H groups in total. The molecule has 2 aromatic heterocycles. The molecule has 3 aromatic rings. The third kappa shape index (κ3) is 4.10. The zero-order chi connectivity index (χ0) is 24.0. The van der Waals surface area contributed by atoms with E-state index in [1.807, 2.05) is 28.8 Å². The van der Waals surface area contributed by atoms with Gasteiger partial charge in [0.2, 0.25) is 0 Å². The number of nitrogens with one attached hydrogen (secondary N) is 1. The van der Waals surface area contributed by atoms with Gasteiger partial charge in [-0.05, 0) is 49.3 Å². The number of hydrogen-bond donors (Lipinski definition) is 2. The highest BCUT2D eigenvalue weighted by Gasteiger charge is 2.54. The topological polar surface area (TPSA) is 111 Å². The van der Waals surface area contributed by atoms with E-state index in [4.69, 9.17) is 15.2 Å². The van der Waals surface area contributed by atoms with Gasteiger partial charge in [0.05, 0.1) is 31.1 Å². The number of carbonyl (C=O) groups excluding carboxylic acids is 2. The van der Waals surface area contributed by atoms with Crippen molar-refractivity contribution >= 4 is 23.1 Å². The van der Waals surface area contributed by atoms with E-state index in [1.165, 1.54) is 0 Å². The second-order valence-electron chi connectivity index (χ2n) is 9.94. The maximum absolute atomic E-state index is 13.0. The second-order valence-corrected chi connectivity index (χ2v) is 9.94. The lowest BCUT2D eigenvalue weighted by Gasteiger charge is -2.57. The maximum Gasteiger partial charge on any atom is 0.270 e. The minimum Gasteiger partial charge on any atom is -0.490 e. The van der Waals surface area contributed by atoms with Gasteiger partial charge in [0.25, 0.3) is 11.8 Å². The molecule has 2 amide bonds. The highest BCUT2D eigenvalue weighted by atomic mass is 16.5. The van der Waals surface area contributed by atoms with Crippen LogP contribution in [0.15, 0.2) is 48.8 Å². The quantitative estimate of drug-likeness (QED) is 0.566. The van der Waals surface area contributed by atoms with Gasteiger partial charge in [0.1, 0.15) is 17.1 Å². The van der Waals surface area contributed by atoms with Gasteiger partial charge in [-0.25, -0.2) is 4.98 Å². The highest BCUT2D eigenvalue weighted by Crippen LogP contribution is 2.56. The molecule has 9 heteroatoms. The first-order valence-corrected chi connectivity index (χ1v) is 12.2. The number of hydrogen-bond acceptors (Lipinski definition) is 6. The SMILES string of the molecule is NC(=O)c1ccccc1OC1CC2(CC(NC(=O)c3cnc4cc(N5CCOCC5)ccn34)C2)C1. The lowest BCUT2D eigenvalue weighted by Crippen LogP contribution is -2.58. The zero-order valence-electron chi connectivity index (χ0n) is 19.5. The largest absolute Gasteiger partial charge is 0.490 e. The van der Waals surface area contributed by atoms with Gasteiger partial charge < -0.3 is 25.4 Å². The Labute approximate surface area is 203 Å². The van der Waals surface area contributed by atoms with E-state index in [-0.39, 0.29) is 23.5 Å². The highest BCUT2D eigenvalue weighted by molar-refractivity contribution is 5.95. The number of carbonyl (C=O) groups is 2. The van der Waals surface area contributed by atoms with Crippen LogP contribution < -0.4 is 20.7 Å². The first-order valence-electron chi connectivity index (χ1n) is 12.2. The lowest BCUT2D eigenvalue weighted by molar-refractivity contribution is -0.0834. The molecule has 3 aliphatic rings. The summed E-state index contributed by atoms with van der Waals surface area (Å²) in [5.41, 5.74) is 8.49. The number of nitrogens with two attached hydrogens (primary N) is 1. The van der Waals surface area contributed by atoms with Crippen molar-refractivity contribution in [1.82, 2.24) is 14.7 Å². The fraction of sp³-hybridized carbons (Fsp3) is 0.423. The monoisotopic (exact) mass is 475 g/mol. The first-order chi connectivity index (χ1) is 17.0. The Morgan fingerprint density at radius 1 is 1.11 bits per heavy atom. The average Bonchev–Trinajstić information content (AvgIpc) is 3.25. The van der Waals surface area contributed by atoms with Crippen LogP contribution in [0.2, 0.25) is 0 Å². The molecule has 1 aromatic carbocycles. The number of rotatable bonds is 6. The van der Waals surface area contributed by atoms with Gasteiger partial charge in [-0.15, -0.1) is 0 Å². The summed E-state index contributed by atoms with van der Waals surface area (Å²) in [5, 5.41) is 3.17. The molecule has 9 nitrogen and oxygen atoms in total. The predicted octanol–water partition coefficient (Wildman–Crippen LogP) is 2.39. The molecule has 2 saturated carbocycles. The van der Waals surface area contributed by atoms with Crippen LogP contribution in [0.3, 0.4) is 0 Å². The number of nitrogens with zero attached hydrogens (tertiary/aromatic N) is 3. The Morgan fingerprint density at radius 2 is 1.89 bits per heavy atom. The van der Waals surface area contributed by atoms with E-state index in [2.05, 4.69) is 15.2 Å². The summed E-state index contributed by atoms with van der Waals surface area (Å²) in [6.07, 6.45) is 7.36. The van der Waals surface area contributed by atoms with Crippen LogP contribution in [-0.4, -0.2) is 59.6 Å². The zero-order valence-corrected chi connectivity index (χ0v) is 19.5. The number of primary amides is 1. The van der Waals surface area contributed by atoms with Crippen molar-refractivity contribution in [3.05, 3.63) is 60.0 Å². The average molecular weight is 476 g/mol. The number of pyridine rings is 1. The van der Waals surface area contributed by atoms with Crippen molar-refractivity contribution in [2.75, 3.05) is 31.2 Å². The standard InChI is InChI=1S/C26H29N5O4/c27-24(32)20-3-1-2-4-22(20)35-19-14-26(15-19)12-17(13-26)29-25(33)21-16-28-23-11-18(5-6-31(21)23)30-7-9-34-10-8-30/h1-6,11,16-17,19H,7-10,12-15H2,(H2,27,32)(H,29,33). The Balaban J connectivity index is 1.03. The molecule has 6 rings (SSSR count). The number of imidazole rings is 1. The minimum atomic E-state index is -0.481. The van der Waals surface area contributed by atoms with Crippen molar-refractivity contribution in [3.8, 4) is 5.75 Å². The molecular weight excluding hydrogens is 446 g/mol. The minimum absolute atomic E-state index is 0.0755. The molecule has 3 fully saturated rings. The molecule has 182 valence electrons. The van der Waals surface area contributed by atoms with E-state index in [0.29, 0.717) is 17.0 Å². The summed E-state index contributed by atoms with van der Waals surface area (Å²) < 4.78 is 13.3. The number of anilines is 1. The van der Waals surface area contributed by atoms with E-state index >= 15 is 0 Å². The summed E-state index contributed by atoms with van der Waals surface area (Å²) in [7, 11) is 0. The van der Waals surface area contributed by atoms with E-state index in [9.17, 15) is 9.59 Å². The number of benzene rings is 1. The van der Waals surface area contributed by atoms with Crippen molar-refractivity contribution in [3.63, 3.8) is 0 Å². The van der Waals surface area contributed by atoms with Crippen molar-refractivity contribution < 1.29 is 19.1 Å². The lowest BCUT2D eigenvalue weighted by atomic mass is 9.53. The third-order valence-electron chi connectivity index (χ3n) is 7.57. The number of aromatic nitrogens is 2. The molecule has 2 aliphatic carbocycles. The summed E-state index contributed by atoms with van der Waals surface area (Å²) in [6.45, 7) is 3.17. The number of morpholine rings is 1. The van der Waals surface area contributed by atoms with Crippen molar-refractivity contribution in [1.29, 1.82) is 0 Å². The van der Waals surface area contributed by atoms with Crippen LogP contribution in [0.1, 0.15) is 46.5 Å². The van der Waals surface area contributed by atoms with Gasteiger partial charge in [-0.2, -0.15) is 0 Å². The third-order valence-corrected chi connectivity index (χ3v) is 7.57. The van der Waals surface area contributed by atoms with Gasteiger partial charge in [0, 0.05) is 37.1 Å². The summed E-state index contributed by atoms with van der Waals surface area (Å²) in [6, 6.07) is 11.3. The summed E-state index contributed by atoms with van der Waals surface area (Å²) >= 11 is 0. The molecule has 1 aliphatic heterocycles. The van der Waals surface area contributed by atoms with Crippen molar-refractivity contribution in [2.24, 2.45) is 11.1 Å². The van der Waals surface area contributed by atoms with Gasteiger partial charge >= 0.3 is 0 Å². The fourth-order valence-electron chi connectivity index (χ4n) is 5.78. The van der Waals surface area contributed by atoms with Gasteiger partial charge in [-0.1, -0.05) is 12.1 Å². The molecular formula is C26H29N5O4. The molecule has 0 atom stereocenters. The Bertz CT molecular complexity index is 1270. The normalized spacial score (nSPS) is 25.7. The van der Waals surface area contributed by atoms with Gasteiger partial charge in [0.15, 0.2) is 0 Å². The van der Waals surface area contributed by atoms with Crippen LogP contribution in [-0.2, 0) is 4.74 Å². The molecule has 3 heterocycles. The van der Waals surface area contributed by atoms with Crippen LogP contribution >= 0.6 is 0 Å². The Hall–Kier alpha value is -3.59. The first kappa shape index (κ1) is 21.9.